The number of nitrogens with two attached hydrogens (primary N) is 1. The van der Waals surface area contributed by atoms with E-state index in [0.717, 1.165) is 30.2 Å². The SMILES string of the molecule is CC1CCCN(C(=O)c2nccc3ccccc23)C1CN. The number of carbonyl (C=O) groups excluding carboxylic acids is 1. The molecular weight excluding hydrogens is 262 g/mol. The van der Waals surface area contributed by atoms with Crippen molar-refractivity contribution in [3.8, 4) is 0 Å². The number of nitrogens with zero attached hydrogens (tertiary/aromatic N) is 2. The summed E-state index contributed by atoms with van der Waals surface area (Å²) in [6.45, 7) is 3.46. The maximum absolute atomic E-state index is 12.9. The summed E-state index contributed by atoms with van der Waals surface area (Å²) in [5.41, 5.74) is 6.44. The monoisotopic (exact) mass is 283 g/mol. The van der Waals surface area contributed by atoms with Gasteiger partial charge in [0.15, 0.2) is 0 Å². The fourth-order valence-electron chi connectivity index (χ4n) is 3.29. The zero-order valence-corrected chi connectivity index (χ0v) is 12.3. The van der Waals surface area contributed by atoms with Crippen LogP contribution in [0.2, 0.25) is 0 Å². The Labute approximate surface area is 125 Å². The van der Waals surface area contributed by atoms with E-state index in [9.17, 15) is 4.79 Å². The number of amides is 1. The summed E-state index contributed by atoms with van der Waals surface area (Å²) in [6.07, 6.45) is 3.88. The maximum atomic E-state index is 12.9. The van der Waals surface area contributed by atoms with Crippen LogP contribution < -0.4 is 5.73 Å². The van der Waals surface area contributed by atoms with Gasteiger partial charge in [0.25, 0.3) is 5.91 Å². The zero-order chi connectivity index (χ0) is 14.8. The lowest BCUT2D eigenvalue weighted by Gasteiger charge is -2.39. The molecule has 0 aliphatic carbocycles. The standard InChI is InChI=1S/C17H21N3O/c1-12-5-4-10-20(15(12)11-18)17(21)16-14-7-3-2-6-13(14)8-9-19-16/h2-3,6-9,12,15H,4-5,10-11,18H2,1H3. The van der Waals surface area contributed by atoms with Gasteiger partial charge in [-0.15, -0.1) is 0 Å². The highest BCUT2D eigenvalue weighted by Gasteiger charge is 2.32. The molecule has 1 aliphatic heterocycles. The second-order valence-corrected chi connectivity index (χ2v) is 5.80. The molecule has 1 aliphatic rings. The quantitative estimate of drug-likeness (QED) is 0.921. The van der Waals surface area contributed by atoms with E-state index in [0.29, 0.717) is 18.2 Å². The smallest absolute Gasteiger partial charge is 0.273 e. The molecule has 1 saturated heterocycles. The fourth-order valence-corrected chi connectivity index (χ4v) is 3.29. The van der Waals surface area contributed by atoms with Crippen molar-refractivity contribution < 1.29 is 4.79 Å². The number of likely N-dealkylation sites (tertiary alicyclic amines) is 1. The van der Waals surface area contributed by atoms with E-state index in [2.05, 4.69) is 11.9 Å². The van der Waals surface area contributed by atoms with Gasteiger partial charge in [0.2, 0.25) is 0 Å². The van der Waals surface area contributed by atoms with E-state index < -0.39 is 0 Å². The van der Waals surface area contributed by atoms with Gasteiger partial charge in [-0.1, -0.05) is 31.2 Å². The lowest BCUT2D eigenvalue weighted by atomic mass is 9.90. The highest BCUT2D eigenvalue weighted by molar-refractivity contribution is 6.05. The van der Waals surface area contributed by atoms with Crippen molar-refractivity contribution in [3.05, 3.63) is 42.2 Å². The average molecular weight is 283 g/mol. The highest BCUT2D eigenvalue weighted by atomic mass is 16.2. The van der Waals surface area contributed by atoms with Gasteiger partial charge in [0.05, 0.1) is 0 Å². The Kier molecular flexibility index (Phi) is 3.88. The van der Waals surface area contributed by atoms with Crippen LogP contribution >= 0.6 is 0 Å². The van der Waals surface area contributed by atoms with Crippen LogP contribution in [0.5, 0.6) is 0 Å². The van der Waals surface area contributed by atoms with Crippen molar-refractivity contribution >= 4 is 16.7 Å². The van der Waals surface area contributed by atoms with Crippen molar-refractivity contribution in [2.45, 2.75) is 25.8 Å². The minimum Gasteiger partial charge on any atom is -0.333 e. The van der Waals surface area contributed by atoms with Crippen molar-refractivity contribution in [2.24, 2.45) is 11.7 Å². The van der Waals surface area contributed by atoms with Crippen LogP contribution in [0.15, 0.2) is 36.5 Å². The molecule has 1 fully saturated rings. The summed E-state index contributed by atoms with van der Waals surface area (Å²) >= 11 is 0. The van der Waals surface area contributed by atoms with Gasteiger partial charge < -0.3 is 10.6 Å². The molecule has 21 heavy (non-hydrogen) atoms. The Morgan fingerprint density at radius 3 is 3.00 bits per heavy atom. The van der Waals surface area contributed by atoms with Gasteiger partial charge in [-0.25, -0.2) is 0 Å². The van der Waals surface area contributed by atoms with Gasteiger partial charge in [-0.2, -0.15) is 0 Å². The molecule has 0 bridgehead atoms. The largest absolute Gasteiger partial charge is 0.333 e. The number of pyridine rings is 1. The van der Waals surface area contributed by atoms with Crippen LogP contribution in [0.3, 0.4) is 0 Å². The third-order valence-electron chi connectivity index (χ3n) is 4.49. The van der Waals surface area contributed by atoms with Crippen molar-refractivity contribution in [1.29, 1.82) is 0 Å². The minimum atomic E-state index is 0.00815. The summed E-state index contributed by atoms with van der Waals surface area (Å²) in [5.74, 6) is 0.455. The third-order valence-corrected chi connectivity index (χ3v) is 4.49. The molecule has 1 aromatic carbocycles. The number of hydrogen-bond donors (Lipinski definition) is 1. The summed E-state index contributed by atoms with van der Waals surface area (Å²) in [5, 5.41) is 1.96. The number of piperidine rings is 1. The molecule has 2 unspecified atom stereocenters. The number of aromatic nitrogens is 1. The maximum Gasteiger partial charge on any atom is 0.273 e. The molecule has 1 aromatic heterocycles. The fraction of sp³-hybridized carbons (Fsp3) is 0.412. The predicted molar refractivity (Wildman–Crippen MR) is 84.0 cm³/mol. The number of benzene rings is 1. The van der Waals surface area contributed by atoms with E-state index >= 15 is 0 Å². The van der Waals surface area contributed by atoms with Gasteiger partial charge in [-0.3, -0.25) is 9.78 Å². The topological polar surface area (TPSA) is 59.2 Å². The highest BCUT2D eigenvalue weighted by Crippen LogP contribution is 2.26. The number of rotatable bonds is 2. The third kappa shape index (κ3) is 2.51. The average Bonchev–Trinajstić information content (AvgIpc) is 2.53. The Hall–Kier alpha value is -1.94. The molecule has 4 heteroatoms. The molecule has 2 atom stereocenters. The molecule has 2 heterocycles. The Morgan fingerprint density at radius 1 is 1.38 bits per heavy atom. The van der Waals surface area contributed by atoms with E-state index in [-0.39, 0.29) is 11.9 Å². The van der Waals surface area contributed by atoms with Gasteiger partial charge in [0, 0.05) is 30.7 Å². The first-order valence-electron chi connectivity index (χ1n) is 7.57. The van der Waals surface area contributed by atoms with Crippen LogP contribution in [0.25, 0.3) is 10.8 Å². The zero-order valence-electron chi connectivity index (χ0n) is 12.3. The first kappa shape index (κ1) is 14.0. The van der Waals surface area contributed by atoms with E-state index in [4.69, 9.17) is 5.73 Å². The molecule has 110 valence electrons. The molecule has 0 spiro atoms. The predicted octanol–water partition coefficient (Wildman–Crippen LogP) is 2.43. The van der Waals surface area contributed by atoms with Gasteiger partial charge in [-0.05, 0) is 30.2 Å². The summed E-state index contributed by atoms with van der Waals surface area (Å²) in [7, 11) is 0. The summed E-state index contributed by atoms with van der Waals surface area (Å²) in [6, 6.07) is 9.94. The van der Waals surface area contributed by atoms with Crippen LogP contribution in [0.4, 0.5) is 0 Å². The minimum absolute atomic E-state index is 0.00815. The van der Waals surface area contributed by atoms with Crippen LogP contribution in [-0.4, -0.2) is 34.9 Å². The van der Waals surface area contributed by atoms with Crippen LogP contribution in [-0.2, 0) is 0 Å². The van der Waals surface area contributed by atoms with E-state index in [1.165, 1.54) is 0 Å². The van der Waals surface area contributed by atoms with Crippen molar-refractivity contribution in [2.75, 3.05) is 13.1 Å². The second-order valence-electron chi connectivity index (χ2n) is 5.80. The first-order chi connectivity index (χ1) is 10.2. The Bertz CT molecular complexity index is 650. The van der Waals surface area contributed by atoms with Crippen molar-refractivity contribution in [3.63, 3.8) is 0 Å². The number of fused-ring (bicyclic) bond motifs is 1. The normalized spacial score (nSPS) is 22.5. The molecule has 3 rings (SSSR count). The van der Waals surface area contributed by atoms with Crippen molar-refractivity contribution in [1.82, 2.24) is 9.88 Å². The second kappa shape index (κ2) is 5.82. The molecule has 2 aromatic rings. The Balaban J connectivity index is 2.00. The molecular formula is C17H21N3O. The summed E-state index contributed by atoms with van der Waals surface area (Å²) < 4.78 is 0. The van der Waals surface area contributed by atoms with E-state index in [1.807, 2.05) is 35.2 Å². The van der Waals surface area contributed by atoms with Crippen LogP contribution in [0, 0.1) is 5.92 Å². The number of carbonyl (C=O) groups is 1. The van der Waals surface area contributed by atoms with Crippen LogP contribution in [0.1, 0.15) is 30.3 Å². The molecule has 2 N–H and O–H groups in total. The first-order valence-corrected chi connectivity index (χ1v) is 7.57. The Morgan fingerprint density at radius 2 is 2.19 bits per heavy atom. The van der Waals surface area contributed by atoms with E-state index in [1.54, 1.807) is 6.20 Å². The molecule has 0 saturated carbocycles. The molecule has 1 amide bonds. The number of hydrogen-bond acceptors (Lipinski definition) is 3. The lowest BCUT2D eigenvalue weighted by Crippen LogP contribution is -2.51. The molecule has 0 radical (unpaired) electrons. The lowest BCUT2D eigenvalue weighted by molar-refractivity contribution is 0.0529. The summed E-state index contributed by atoms with van der Waals surface area (Å²) in [4.78, 5) is 19.2. The van der Waals surface area contributed by atoms with Gasteiger partial charge >= 0.3 is 0 Å². The molecule has 4 nitrogen and oxygen atoms in total. The van der Waals surface area contributed by atoms with Gasteiger partial charge in [0.1, 0.15) is 5.69 Å².